The molecule has 11 heteroatoms. The molecule has 28 heavy (non-hydrogen) atoms. The van der Waals surface area contributed by atoms with Crippen LogP contribution >= 0.6 is 0 Å². The van der Waals surface area contributed by atoms with Crippen molar-refractivity contribution in [3.63, 3.8) is 0 Å². The van der Waals surface area contributed by atoms with Crippen molar-refractivity contribution in [1.29, 1.82) is 0 Å². The molecular weight excluding hydrogens is 372 g/mol. The van der Waals surface area contributed by atoms with Gasteiger partial charge in [-0.3, -0.25) is 35.2 Å². The quantitative estimate of drug-likeness (QED) is 0.604. The summed E-state index contributed by atoms with van der Waals surface area (Å²) >= 11 is 0. The van der Waals surface area contributed by atoms with E-state index in [-0.39, 0.29) is 0 Å². The van der Waals surface area contributed by atoms with E-state index in [0.29, 0.717) is 12.1 Å². The standard InChI is InChI=1S/C11H19N.C6H3N3O7/c1-3-9-5-6-10-4-2-8-12(7-1)11(9)10;10-6-4(8(13)14)1-3(7(11)12)2-5(6)9(15)16/h9-11H,1-8H2;1-2,10H/t9-,10-;/m0./s1. The second-order valence-electron chi connectivity index (χ2n) is 7.51. The van der Waals surface area contributed by atoms with Crippen molar-refractivity contribution < 1.29 is 19.9 Å². The van der Waals surface area contributed by atoms with Crippen LogP contribution < -0.4 is 0 Å². The highest BCUT2D eigenvalue weighted by Crippen LogP contribution is 2.45. The van der Waals surface area contributed by atoms with Crippen molar-refractivity contribution in [2.45, 2.75) is 44.6 Å². The number of aromatic hydroxyl groups is 1. The first-order valence-electron chi connectivity index (χ1n) is 9.33. The van der Waals surface area contributed by atoms with Crippen LogP contribution in [-0.2, 0) is 0 Å². The summed E-state index contributed by atoms with van der Waals surface area (Å²) in [4.78, 5) is 30.6. The van der Waals surface area contributed by atoms with Crippen LogP contribution in [-0.4, -0.2) is 43.9 Å². The van der Waals surface area contributed by atoms with E-state index in [1.807, 2.05) is 0 Å². The first-order chi connectivity index (χ1) is 13.3. The average Bonchev–Trinajstić information content (AvgIpc) is 3.07. The van der Waals surface area contributed by atoms with Gasteiger partial charge in [0.1, 0.15) is 0 Å². The highest BCUT2D eigenvalue weighted by molar-refractivity contribution is 5.64. The molecule has 2 atom stereocenters. The van der Waals surface area contributed by atoms with Crippen LogP contribution in [0.15, 0.2) is 12.1 Å². The zero-order valence-corrected chi connectivity index (χ0v) is 15.2. The summed E-state index contributed by atoms with van der Waals surface area (Å²) in [5.74, 6) is 0.994. The number of rotatable bonds is 3. The maximum absolute atomic E-state index is 10.4. The third kappa shape index (κ3) is 3.88. The molecule has 2 heterocycles. The van der Waals surface area contributed by atoms with E-state index >= 15 is 0 Å². The first-order valence-corrected chi connectivity index (χ1v) is 9.33. The van der Waals surface area contributed by atoms with Crippen molar-refractivity contribution in [3.8, 4) is 5.75 Å². The molecule has 2 saturated heterocycles. The number of piperidine rings is 2. The molecule has 1 saturated carbocycles. The Labute approximate surface area is 160 Å². The Bertz CT molecular complexity index is 747. The molecule has 0 unspecified atom stereocenters. The van der Waals surface area contributed by atoms with E-state index in [1.54, 1.807) is 12.8 Å². The van der Waals surface area contributed by atoms with Gasteiger partial charge in [-0.05, 0) is 63.5 Å². The number of hydrogen-bond donors (Lipinski definition) is 1. The Kier molecular flexibility index (Phi) is 5.73. The van der Waals surface area contributed by atoms with Gasteiger partial charge in [0.25, 0.3) is 11.4 Å². The van der Waals surface area contributed by atoms with E-state index in [1.165, 1.54) is 38.8 Å². The minimum absolute atomic E-state index is 0.447. The molecule has 11 nitrogen and oxygen atoms in total. The number of benzene rings is 1. The molecule has 3 aliphatic rings. The highest BCUT2D eigenvalue weighted by Gasteiger charge is 2.43. The lowest BCUT2D eigenvalue weighted by Crippen LogP contribution is -2.49. The summed E-state index contributed by atoms with van der Waals surface area (Å²) in [6.07, 6.45) is 9.13. The summed E-state index contributed by atoms with van der Waals surface area (Å²) in [6.45, 7) is 2.83. The highest BCUT2D eigenvalue weighted by atomic mass is 16.6. The van der Waals surface area contributed by atoms with Crippen LogP contribution in [0.5, 0.6) is 5.75 Å². The monoisotopic (exact) mass is 394 g/mol. The minimum Gasteiger partial charge on any atom is -0.497 e. The third-order valence-electron chi connectivity index (χ3n) is 5.99. The van der Waals surface area contributed by atoms with Gasteiger partial charge in [0.2, 0.25) is 0 Å². The molecule has 3 fully saturated rings. The first kappa shape index (κ1) is 19.9. The lowest BCUT2D eigenvalue weighted by atomic mass is 9.83. The van der Waals surface area contributed by atoms with Crippen LogP contribution in [0.25, 0.3) is 0 Å². The topological polar surface area (TPSA) is 153 Å². The van der Waals surface area contributed by atoms with Gasteiger partial charge in [0.05, 0.1) is 26.9 Å². The number of hydrogen-bond acceptors (Lipinski definition) is 8. The van der Waals surface area contributed by atoms with Crippen LogP contribution in [0.4, 0.5) is 17.1 Å². The number of nitro benzene ring substituents is 3. The van der Waals surface area contributed by atoms with Crippen LogP contribution in [0, 0.1) is 42.2 Å². The Hall–Kier alpha value is -2.82. The largest absolute Gasteiger partial charge is 0.497 e. The Morgan fingerprint density at radius 2 is 1.29 bits per heavy atom. The van der Waals surface area contributed by atoms with Crippen molar-refractivity contribution in [2.24, 2.45) is 11.8 Å². The third-order valence-corrected chi connectivity index (χ3v) is 5.99. The summed E-state index contributed by atoms with van der Waals surface area (Å²) in [7, 11) is 0. The predicted octanol–water partition coefficient (Wildman–Crippen LogP) is 3.39. The lowest BCUT2D eigenvalue weighted by molar-refractivity contribution is -0.404. The van der Waals surface area contributed by atoms with Crippen LogP contribution in [0.2, 0.25) is 0 Å². The molecule has 1 aromatic carbocycles. The van der Waals surface area contributed by atoms with Gasteiger partial charge in [-0.25, -0.2) is 0 Å². The predicted molar refractivity (Wildman–Crippen MR) is 98.1 cm³/mol. The summed E-state index contributed by atoms with van der Waals surface area (Å²) in [5, 5.41) is 40.2. The van der Waals surface area contributed by atoms with Crippen molar-refractivity contribution in [1.82, 2.24) is 4.90 Å². The molecule has 0 aromatic heterocycles. The molecule has 2 aliphatic heterocycles. The van der Waals surface area contributed by atoms with E-state index < -0.39 is 37.6 Å². The fourth-order valence-corrected chi connectivity index (χ4v) is 4.88. The van der Waals surface area contributed by atoms with E-state index in [4.69, 9.17) is 5.11 Å². The molecule has 1 aliphatic carbocycles. The second-order valence-corrected chi connectivity index (χ2v) is 7.51. The zero-order valence-electron chi connectivity index (χ0n) is 15.2. The Balaban J connectivity index is 0.000000166. The molecule has 4 rings (SSSR count). The van der Waals surface area contributed by atoms with Crippen LogP contribution in [0.3, 0.4) is 0 Å². The van der Waals surface area contributed by atoms with E-state index in [0.717, 1.165) is 17.9 Å². The molecule has 152 valence electrons. The van der Waals surface area contributed by atoms with Crippen molar-refractivity contribution in [3.05, 3.63) is 42.5 Å². The van der Waals surface area contributed by atoms with Gasteiger partial charge in [-0.15, -0.1) is 0 Å². The fourth-order valence-electron chi connectivity index (χ4n) is 4.88. The van der Waals surface area contributed by atoms with Gasteiger partial charge in [0, 0.05) is 6.04 Å². The number of nitrogens with zero attached hydrogens (tertiary/aromatic N) is 4. The average molecular weight is 394 g/mol. The molecule has 1 aromatic rings. The minimum atomic E-state index is -1.21. The number of phenolic OH excluding ortho intramolecular Hbond substituents is 1. The molecule has 0 bridgehead atoms. The fraction of sp³-hybridized carbons (Fsp3) is 0.647. The molecular formula is C17H22N4O7. The smallest absolute Gasteiger partial charge is 0.324 e. The van der Waals surface area contributed by atoms with Gasteiger partial charge >= 0.3 is 11.4 Å². The SMILES string of the molecule is C1C[C@H]2CC[C@@H]3CCCN(C1)C23.O=[N+]([O-])c1cc([N+](=O)[O-])c(O)c([N+](=O)[O-])c1. The Morgan fingerprint density at radius 1 is 0.821 bits per heavy atom. The number of non-ortho nitro benzene ring substituents is 1. The summed E-state index contributed by atoms with van der Waals surface area (Å²) < 4.78 is 0. The lowest BCUT2D eigenvalue weighted by Gasteiger charge is -2.44. The molecule has 1 N–H and O–H groups in total. The molecule has 0 radical (unpaired) electrons. The normalized spacial score (nSPS) is 25.9. The molecule has 0 amide bonds. The van der Waals surface area contributed by atoms with Crippen LogP contribution in [0.1, 0.15) is 38.5 Å². The number of nitro groups is 3. The van der Waals surface area contributed by atoms with Gasteiger partial charge < -0.3 is 5.11 Å². The zero-order chi connectivity index (χ0) is 20.4. The van der Waals surface area contributed by atoms with Gasteiger partial charge in [-0.1, -0.05) is 0 Å². The van der Waals surface area contributed by atoms with Gasteiger partial charge in [-0.2, -0.15) is 0 Å². The molecule has 0 spiro atoms. The van der Waals surface area contributed by atoms with Crippen molar-refractivity contribution in [2.75, 3.05) is 13.1 Å². The van der Waals surface area contributed by atoms with Gasteiger partial charge in [0.15, 0.2) is 0 Å². The summed E-state index contributed by atoms with van der Waals surface area (Å²) in [6, 6.07) is 1.93. The van der Waals surface area contributed by atoms with E-state index in [2.05, 4.69) is 4.90 Å². The maximum atomic E-state index is 10.4. The Morgan fingerprint density at radius 3 is 1.68 bits per heavy atom. The summed E-state index contributed by atoms with van der Waals surface area (Å²) in [5.41, 5.74) is -3.00. The van der Waals surface area contributed by atoms with E-state index in [9.17, 15) is 30.3 Å². The second kappa shape index (κ2) is 8.05. The maximum Gasteiger partial charge on any atom is 0.324 e. The van der Waals surface area contributed by atoms with Crippen molar-refractivity contribution >= 4 is 17.1 Å². The number of phenols is 1.